The van der Waals surface area contributed by atoms with Gasteiger partial charge in [-0.3, -0.25) is 0 Å². The molecule has 1 N–H and O–H groups in total. The summed E-state index contributed by atoms with van der Waals surface area (Å²) in [4.78, 5) is 0. The summed E-state index contributed by atoms with van der Waals surface area (Å²) >= 11 is 0. The number of alkyl halides is 3. The SMILES string of the molecule is CC(Nc1ccc2nnc(C(F)(F)F)n2n1)c1ccc(F)c(F)c1. The van der Waals surface area contributed by atoms with Gasteiger partial charge in [0, 0.05) is 0 Å². The Kier molecular flexibility index (Phi) is 3.82. The molecule has 0 radical (unpaired) electrons. The zero-order valence-corrected chi connectivity index (χ0v) is 12.1. The summed E-state index contributed by atoms with van der Waals surface area (Å²) in [5, 5.41) is 13.1. The molecular formula is C14H10F5N5. The van der Waals surface area contributed by atoms with Gasteiger partial charge in [-0.15, -0.1) is 15.3 Å². The van der Waals surface area contributed by atoms with Crippen molar-refractivity contribution in [2.75, 3.05) is 5.32 Å². The maximum Gasteiger partial charge on any atom is 0.453 e. The minimum absolute atomic E-state index is 0.0617. The van der Waals surface area contributed by atoms with E-state index in [4.69, 9.17) is 0 Å². The molecule has 0 fully saturated rings. The van der Waals surface area contributed by atoms with Crippen LogP contribution in [-0.4, -0.2) is 19.8 Å². The van der Waals surface area contributed by atoms with Crippen LogP contribution in [0.2, 0.25) is 0 Å². The van der Waals surface area contributed by atoms with Crippen molar-refractivity contribution in [3.05, 3.63) is 53.4 Å². The van der Waals surface area contributed by atoms with Crippen LogP contribution in [0.3, 0.4) is 0 Å². The smallest absolute Gasteiger partial charge is 0.362 e. The van der Waals surface area contributed by atoms with Gasteiger partial charge in [-0.05, 0) is 36.8 Å². The van der Waals surface area contributed by atoms with Crippen LogP contribution in [0.5, 0.6) is 0 Å². The van der Waals surface area contributed by atoms with Crippen molar-refractivity contribution in [1.82, 2.24) is 19.8 Å². The number of anilines is 1. The average molecular weight is 343 g/mol. The van der Waals surface area contributed by atoms with Gasteiger partial charge in [0.2, 0.25) is 0 Å². The van der Waals surface area contributed by atoms with Gasteiger partial charge in [0.25, 0.3) is 5.82 Å². The Morgan fingerprint density at radius 3 is 2.46 bits per heavy atom. The maximum atomic E-state index is 13.3. The summed E-state index contributed by atoms with van der Waals surface area (Å²) in [6.07, 6.45) is -4.70. The lowest BCUT2D eigenvalue weighted by Crippen LogP contribution is -2.14. The third kappa shape index (κ3) is 2.99. The molecule has 126 valence electrons. The molecule has 5 nitrogen and oxygen atoms in total. The number of benzene rings is 1. The zero-order valence-electron chi connectivity index (χ0n) is 12.1. The van der Waals surface area contributed by atoms with E-state index < -0.39 is 29.7 Å². The number of rotatable bonds is 3. The van der Waals surface area contributed by atoms with E-state index in [2.05, 4.69) is 20.6 Å². The Labute approximate surface area is 132 Å². The minimum atomic E-state index is -4.70. The summed E-state index contributed by atoms with van der Waals surface area (Å²) in [5.41, 5.74) is 0.351. The van der Waals surface area contributed by atoms with E-state index in [0.29, 0.717) is 10.1 Å². The predicted molar refractivity (Wildman–Crippen MR) is 74.2 cm³/mol. The van der Waals surface area contributed by atoms with Gasteiger partial charge in [0.15, 0.2) is 17.3 Å². The molecule has 0 saturated heterocycles. The molecule has 0 aliphatic carbocycles. The zero-order chi connectivity index (χ0) is 17.5. The fourth-order valence-electron chi connectivity index (χ4n) is 2.13. The highest BCUT2D eigenvalue weighted by molar-refractivity contribution is 5.45. The van der Waals surface area contributed by atoms with Crippen molar-refractivity contribution in [2.24, 2.45) is 0 Å². The molecule has 0 saturated carbocycles. The van der Waals surface area contributed by atoms with E-state index in [1.807, 2.05) is 0 Å². The summed E-state index contributed by atoms with van der Waals surface area (Å²) < 4.78 is 65.3. The predicted octanol–water partition coefficient (Wildman–Crippen LogP) is 3.59. The maximum absolute atomic E-state index is 13.3. The highest BCUT2D eigenvalue weighted by Crippen LogP contribution is 2.28. The molecule has 0 bridgehead atoms. The largest absolute Gasteiger partial charge is 0.453 e. The first-order valence-electron chi connectivity index (χ1n) is 6.77. The van der Waals surface area contributed by atoms with Crippen LogP contribution >= 0.6 is 0 Å². The fourth-order valence-corrected chi connectivity index (χ4v) is 2.13. The molecule has 2 heterocycles. The topological polar surface area (TPSA) is 55.1 Å². The van der Waals surface area contributed by atoms with E-state index in [-0.39, 0.29) is 11.5 Å². The lowest BCUT2D eigenvalue weighted by molar-refractivity contribution is -0.146. The third-order valence-electron chi connectivity index (χ3n) is 3.32. The van der Waals surface area contributed by atoms with E-state index in [0.717, 1.165) is 12.1 Å². The Morgan fingerprint density at radius 2 is 1.79 bits per heavy atom. The lowest BCUT2D eigenvalue weighted by Gasteiger charge is -2.15. The van der Waals surface area contributed by atoms with Crippen LogP contribution in [0, 0.1) is 11.6 Å². The van der Waals surface area contributed by atoms with Crippen molar-refractivity contribution in [2.45, 2.75) is 19.1 Å². The van der Waals surface area contributed by atoms with E-state index >= 15 is 0 Å². The summed E-state index contributed by atoms with van der Waals surface area (Å²) in [5.74, 6) is -3.14. The van der Waals surface area contributed by atoms with Crippen LogP contribution in [-0.2, 0) is 6.18 Å². The highest BCUT2D eigenvalue weighted by atomic mass is 19.4. The number of hydrogen-bond donors (Lipinski definition) is 1. The highest BCUT2D eigenvalue weighted by Gasteiger charge is 2.37. The third-order valence-corrected chi connectivity index (χ3v) is 3.32. The molecule has 0 aliphatic heterocycles. The number of nitrogens with zero attached hydrogens (tertiary/aromatic N) is 4. The lowest BCUT2D eigenvalue weighted by atomic mass is 10.1. The molecule has 1 unspecified atom stereocenters. The van der Waals surface area contributed by atoms with E-state index in [1.54, 1.807) is 6.92 Å². The number of aromatic nitrogens is 4. The molecule has 0 aliphatic rings. The van der Waals surface area contributed by atoms with Gasteiger partial charge in [-0.1, -0.05) is 6.07 Å². The molecule has 10 heteroatoms. The standard InChI is InChI=1S/C14H10F5N5/c1-7(8-2-3-9(15)10(16)6-8)20-11-4-5-12-21-22-13(14(17,18)19)24(12)23-11/h2-7H,1H3,(H,20,23). The fraction of sp³-hybridized carbons (Fsp3) is 0.214. The van der Waals surface area contributed by atoms with Crippen LogP contribution in [0.1, 0.15) is 24.4 Å². The van der Waals surface area contributed by atoms with Crippen molar-refractivity contribution in [3.8, 4) is 0 Å². The Morgan fingerprint density at radius 1 is 1.04 bits per heavy atom. The molecule has 0 amide bonds. The number of halogens is 5. The van der Waals surface area contributed by atoms with E-state index in [9.17, 15) is 22.0 Å². The van der Waals surface area contributed by atoms with Crippen molar-refractivity contribution in [1.29, 1.82) is 0 Å². The first kappa shape index (κ1) is 16.1. The van der Waals surface area contributed by atoms with Crippen molar-refractivity contribution < 1.29 is 22.0 Å². The molecule has 2 aromatic heterocycles. The van der Waals surface area contributed by atoms with Gasteiger partial charge in [-0.2, -0.15) is 17.7 Å². The molecule has 24 heavy (non-hydrogen) atoms. The van der Waals surface area contributed by atoms with Gasteiger partial charge >= 0.3 is 6.18 Å². The van der Waals surface area contributed by atoms with Gasteiger partial charge < -0.3 is 5.32 Å². The quantitative estimate of drug-likeness (QED) is 0.739. The normalized spacial score (nSPS) is 13.2. The summed E-state index contributed by atoms with van der Waals surface area (Å²) in [6.45, 7) is 1.63. The molecular weight excluding hydrogens is 333 g/mol. The summed E-state index contributed by atoms with van der Waals surface area (Å²) in [7, 11) is 0. The Hall–Kier alpha value is -2.78. The van der Waals surface area contributed by atoms with E-state index in [1.165, 1.54) is 18.2 Å². The Bertz CT molecular complexity index is 889. The number of nitrogens with one attached hydrogen (secondary N) is 1. The molecule has 1 atom stereocenters. The number of hydrogen-bond acceptors (Lipinski definition) is 4. The second kappa shape index (κ2) is 5.69. The minimum Gasteiger partial charge on any atom is -0.362 e. The van der Waals surface area contributed by atoms with Gasteiger partial charge in [0.1, 0.15) is 5.82 Å². The second-order valence-corrected chi connectivity index (χ2v) is 5.05. The molecule has 3 rings (SSSR count). The van der Waals surface area contributed by atoms with Crippen LogP contribution in [0.15, 0.2) is 30.3 Å². The van der Waals surface area contributed by atoms with Gasteiger partial charge in [0.05, 0.1) is 6.04 Å². The monoisotopic (exact) mass is 343 g/mol. The van der Waals surface area contributed by atoms with Crippen molar-refractivity contribution >= 4 is 11.5 Å². The van der Waals surface area contributed by atoms with Crippen LogP contribution in [0.25, 0.3) is 5.65 Å². The number of fused-ring (bicyclic) bond motifs is 1. The van der Waals surface area contributed by atoms with Crippen LogP contribution in [0.4, 0.5) is 27.8 Å². The first-order valence-corrected chi connectivity index (χ1v) is 6.77. The molecule has 0 spiro atoms. The first-order chi connectivity index (χ1) is 11.3. The second-order valence-electron chi connectivity index (χ2n) is 5.05. The van der Waals surface area contributed by atoms with Gasteiger partial charge in [-0.25, -0.2) is 8.78 Å². The summed E-state index contributed by atoms with van der Waals surface area (Å²) in [6, 6.07) is 5.56. The van der Waals surface area contributed by atoms with Crippen molar-refractivity contribution in [3.63, 3.8) is 0 Å². The van der Waals surface area contributed by atoms with Crippen LogP contribution < -0.4 is 5.32 Å². The Balaban J connectivity index is 1.90. The molecule has 3 aromatic rings. The molecule has 1 aromatic carbocycles. The average Bonchev–Trinajstić information content (AvgIpc) is 2.93.